The van der Waals surface area contributed by atoms with Crippen LogP contribution in [0.25, 0.3) is 0 Å². The molecule has 0 unspecified atom stereocenters. The monoisotopic (exact) mass is 431 g/mol. The standard InChI is InChI=1S/C23H31FN4O3/c1-17(2)9-10-25-22(29)23(30)26-16-20(21-8-5-15-31-21)28-13-11-27(12-14-28)19-7-4-3-6-18(19)24/h3-8,15,17,20H,9-14,16H2,1-2H3,(H,25,29)(H,26,30)/p+1/t20-/m1/s1. The topological polar surface area (TPSA) is 79.0 Å². The SMILES string of the molecule is CC(C)CCNC(=O)C(=O)NC[C@H](c1ccco1)[NH+]1CCN(c2ccccc2F)CC1. The summed E-state index contributed by atoms with van der Waals surface area (Å²) in [5.74, 6) is -0.250. The van der Waals surface area contributed by atoms with Gasteiger partial charge in [-0.15, -0.1) is 0 Å². The van der Waals surface area contributed by atoms with E-state index in [4.69, 9.17) is 4.42 Å². The van der Waals surface area contributed by atoms with E-state index in [9.17, 15) is 14.0 Å². The zero-order valence-electron chi connectivity index (χ0n) is 18.2. The van der Waals surface area contributed by atoms with Crippen LogP contribution in [0.3, 0.4) is 0 Å². The molecule has 0 saturated carbocycles. The van der Waals surface area contributed by atoms with Crippen molar-refractivity contribution in [2.75, 3.05) is 44.2 Å². The van der Waals surface area contributed by atoms with Crippen molar-refractivity contribution < 1.29 is 23.3 Å². The Morgan fingerprint density at radius 1 is 1.10 bits per heavy atom. The van der Waals surface area contributed by atoms with Crippen LogP contribution in [0.15, 0.2) is 47.1 Å². The number of nitrogens with zero attached hydrogens (tertiary/aromatic N) is 1. The maximum atomic E-state index is 14.1. The van der Waals surface area contributed by atoms with Crippen LogP contribution in [-0.4, -0.2) is 51.1 Å². The second kappa shape index (κ2) is 10.9. The Kier molecular flexibility index (Phi) is 8.06. The van der Waals surface area contributed by atoms with Gasteiger partial charge in [0.15, 0.2) is 11.8 Å². The fourth-order valence-corrected chi connectivity index (χ4v) is 3.86. The highest BCUT2D eigenvalue weighted by Crippen LogP contribution is 2.19. The van der Waals surface area contributed by atoms with E-state index in [1.807, 2.05) is 23.1 Å². The first-order valence-corrected chi connectivity index (χ1v) is 10.9. The number of amides is 2. The fourth-order valence-electron chi connectivity index (χ4n) is 3.86. The second-order valence-corrected chi connectivity index (χ2v) is 8.31. The van der Waals surface area contributed by atoms with E-state index >= 15 is 0 Å². The molecule has 2 heterocycles. The molecule has 2 aromatic rings. The van der Waals surface area contributed by atoms with Crippen molar-refractivity contribution >= 4 is 17.5 Å². The maximum Gasteiger partial charge on any atom is 0.309 e. The lowest BCUT2D eigenvalue weighted by molar-refractivity contribution is -0.932. The summed E-state index contributed by atoms with van der Waals surface area (Å²) in [7, 11) is 0. The number of piperazine rings is 1. The van der Waals surface area contributed by atoms with Gasteiger partial charge in [0.2, 0.25) is 0 Å². The van der Waals surface area contributed by atoms with Crippen molar-refractivity contribution in [2.24, 2.45) is 5.92 Å². The van der Waals surface area contributed by atoms with Crippen molar-refractivity contribution in [3.8, 4) is 0 Å². The summed E-state index contributed by atoms with van der Waals surface area (Å²) in [6.07, 6.45) is 2.43. The Morgan fingerprint density at radius 2 is 1.81 bits per heavy atom. The summed E-state index contributed by atoms with van der Waals surface area (Å²) in [5, 5.41) is 5.41. The molecule has 7 nitrogen and oxygen atoms in total. The van der Waals surface area contributed by atoms with Gasteiger partial charge in [-0.2, -0.15) is 0 Å². The number of hydrogen-bond acceptors (Lipinski definition) is 4. The normalized spacial score (nSPS) is 15.7. The highest BCUT2D eigenvalue weighted by atomic mass is 19.1. The van der Waals surface area contributed by atoms with E-state index in [1.165, 1.54) is 11.0 Å². The lowest BCUT2D eigenvalue weighted by atomic mass is 10.1. The van der Waals surface area contributed by atoms with Crippen molar-refractivity contribution in [1.29, 1.82) is 0 Å². The molecule has 0 aliphatic carbocycles. The highest BCUT2D eigenvalue weighted by molar-refractivity contribution is 6.35. The van der Waals surface area contributed by atoms with E-state index in [2.05, 4.69) is 24.5 Å². The fraction of sp³-hybridized carbons (Fsp3) is 0.478. The molecule has 1 aromatic heterocycles. The summed E-state index contributed by atoms with van der Waals surface area (Å²) in [6.45, 7) is 7.80. The van der Waals surface area contributed by atoms with Gasteiger partial charge in [0.05, 0.1) is 44.7 Å². The number of anilines is 1. The van der Waals surface area contributed by atoms with Crippen LogP contribution in [0.2, 0.25) is 0 Å². The van der Waals surface area contributed by atoms with Gasteiger partial charge >= 0.3 is 11.8 Å². The Hall–Kier alpha value is -2.87. The average molecular weight is 432 g/mol. The molecule has 1 atom stereocenters. The molecule has 168 valence electrons. The first-order valence-electron chi connectivity index (χ1n) is 10.9. The predicted octanol–water partition coefficient (Wildman–Crippen LogP) is 1.14. The molecule has 1 aliphatic heterocycles. The average Bonchev–Trinajstić information content (AvgIpc) is 3.29. The number of carbonyl (C=O) groups excluding carboxylic acids is 2. The summed E-state index contributed by atoms with van der Waals surface area (Å²) < 4.78 is 19.7. The van der Waals surface area contributed by atoms with Crippen molar-refractivity contribution in [3.63, 3.8) is 0 Å². The van der Waals surface area contributed by atoms with Crippen LogP contribution in [0.1, 0.15) is 32.1 Å². The number of benzene rings is 1. The number of furan rings is 1. The van der Waals surface area contributed by atoms with Gasteiger partial charge in [0, 0.05) is 6.54 Å². The zero-order chi connectivity index (χ0) is 22.2. The smallest absolute Gasteiger partial charge is 0.309 e. The molecule has 1 aromatic carbocycles. The number of rotatable bonds is 8. The molecule has 0 spiro atoms. The number of halogens is 1. The number of carbonyl (C=O) groups is 2. The summed E-state index contributed by atoms with van der Waals surface area (Å²) in [6, 6.07) is 10.4. The lowest BCUT2D eigenvalue weighted by Crippen LogP contribution is -3.15. The minimum Gasteiger partial charge on any atom is -0.463 e. The molecular formula is C23H32FN4O3+. The minimum atomic E-state index is -0.635. The quantitative estimate of drug-likeness (QED) is 0.548. The summed E-state index contributed by atoms with van der Waals surface area (Å²) in [4.78, 5) is 27.5. The molecule has 1 fully saturated rings. The van der Waals surface area contributed by atoms with Crippen molar-refractivity contribution in [1.82, 2.24) is 10.6 Å². The van der Waals surface area contributed by atoms with E-state index in [0.717, 1.165) is 25.3 Å². The maximum absolute atomic E-state index is 14.1. The molecule has 2 amide bonds. The van der Waals surface area contributed by atoms with Gasteiger partial charge in [-0.1, -0.05) is 26.0 Å². The van der Waals surface area contributed by atoms with Crippen molar-refractivity contribution in [3.05, 3.63) is 54.2 Å². The van der Waals surface area contributed by atoms with E-state index in [0.29, 0.717) is 37.8 Å². The Bertz CT molecular complexity index is 848. The number of nitrogens with one attached hydrogen (secondary N) is 3. The number of hydrogen-bond donors (Lipinski definition) is 3. The molecule has 3 N–H and O–H groups in total. The molecule has 31 heavy (non-hydrogen) atoms. The predicted molar refractivity (Wildman–Crippen MR) is 116 cm³/mol. The Morgan fingerprint density at radius 3 is 2.45 bits per heavy atom. The molecule has 1 aliphatic rings. The van der Waals surface area contributed by atoms with Crippen LogP contribution in [0, 0.1) is 11.7 Å². The Balaban J connectivity index is 1.56. The van der Waals surface area contributed by atoms with Crippen LogP contribution >= 0.6 is 0 Å². The van der Waals surface area contributed by atoms with Gasteiger partial charge < -0.3 is 24.9 Å². The number of quaternary nitrogens is 1. The molecular weight excluding hydrogens is 399 g/mol. The van der Waals surface area contributed by atoms with Gasteiger partial charge in [0.1, 0.15) is 5.82 Å². The van der Waals surface area contributed by atoms with E-state index in [1.54, 1.807) is 18.4 Å². The third kappa shape index (κ3) is 6.30. The third-order valence-electron chi connectivity index (χ3n) is 5.66. The Labute approximate surface area is 182 Å². The minimum absolute atomic E-state index is 0.120. The summed E-state index contributed by atoms with van der Waals surface area (Å²) in [5.41, 5.74) is 0.613. The van der Waals surface area contributed by atoms with E-state index in [-0.39, 0.29) is 11.9 Å². The lowest BCUT2D eigenvalue weighted by Gasteiger charge is -2.37. The second-order valence-electron chi connectivity index (χ2n) is 8.31. The van der Waals surface area contributed by atoms with Crippen LogP contribution in [0.5, 0.6) is 0 Å². The van der Waals surface area contributed by atoms with Crippen molar-refractivity contribution in [2.45, 2.75) is 26.3 Å². The molecule has 1 saturated heterocycles. The number of para-hydroxylation sites is 1. The van der Waals surface area contributed by atoms with Gasteiger partial charge in [-0.05, 0) is 36.6 Å². The van der Waals surface area contributed by atoms with Crippen LogP contribution < -0.4 is 20.4 Å². The summed E-state index contributed by atoms with van der Waals surface area (Å²) >= 11 is 0. The first-order chi connectivity index (χ1) is 15.0. The van der Waals surface area contributed by atoms with E-state index < -0.39 is 11.8 Å². The van der Waals surface area contributed by atoms with Gasteiger partial charge in [-0.3, -0.25) is 9.59 Å². The van der Waals surface area contributed by atoms with Crippen LogP contribution in [0.4, 0.5) is 10.1 Å². The first kappa shape index (κ1) is 22.8. The molecule has 0 bridgehead atoms. The van der Waals surface area contributed by atoms with Gasteiger partial charge in [0.25, 0.3) is 0 Å². The highest BCUT2D eigenvalue weighted by Gasteiger charge is 2.32. The van der Waals surface area contributed by atoms with Gasteiger partial charge in [-0.25, -0.2) is 4.39 Å². The molecule has 0 radical (unpaired) electrons. The molecule has 3 rings (SSSR count). The zero-order valence-corrected chi connectivity index (χ0v) is 18.2. The van der Waals surface area contributed by atoms with Crippen LogP contribution in [-0.2, 0) is 9.59 Å². The largest absolute Gasteiger partial charge is 0.463 e. The third-order valence-corrected chi connectivity index (χ3v) is 5.66. The molecule has 8 heteroatoms.